The predicted molar refractivity (Wildman–Crippen MR) is 121 cm³/mol. The van der Waals surface area contributed by atoms with Crippen LogP contribution in [0, 0.1) is 6.92 Å². The number of imidazole rings is 1. The van der Waals surface area contributed by atoms with Gasteiger partial charge >= 0.3 is 0 Å². The number of alkyl halides is 1. The third-order valence-electron chi connectivity index (χ3n) is 6.64. The van der Waals surface area contributed by atoms with Crippen LogP contribution >= 0.6 is 0 Å². The maximum Gasteiger partial charge on any atom is 0.274 e. The number of aromatic nitrogens is 4. The van der Waals surface area contributed by atoms with E-state index in [-0.39, 0.29) is 17.4 Å². The van der Waals surface area contributed by atoms with Gasteiger partial charge in [0, 0.05) is 36.4 Å². The van der Waals surface area contributed by atoms with Crippen LogP contribution in [0.15, 0.2) is 35.4 Å². The van der Waals surface area contributed by atoms with Gasteiger partial charge in [-0.25, -0.2) is 14.4 Å². The van der Waals surface area contributed by atoms with Gasteiger partial charge in [0.15, 0.2) is 0 Å². The second-order valence-corrected chi connectivity index (χ2v) is 8.70. The van der Waals surface area contributed by atoms with E-state index in [1.807, 2.05) is 17.4 Å². The number of nitrogens with zero attached hydrogens (tertiary/aromatic N) is 4. The summed E-state index contributed by atoms with van der Waals surface area (Å²) in [6.45, 7) is 3.04. The monoisotopic (exact) mass is 447 g/mol. The summed E-state index contributed by atoms with van der Waals surface area (Å²) >= 11 is 0. The lowest BCUT2D eigenvalue weighted by Crippen LogP contribution is -2.30. The van der Waals surface area contributed by atoms with Crippen molar-refractivity contribution in [2.45, 2.75) is 32.4 Å². The maximum atomic E-state index is 13.5. The highest BCUT2D eigenvalue weighted by Crippen LogP contribution is 2.31. The standard InChI is InChI=1S/C24H22FN5O3/c1-13-6-19-18(28-23(31)20-11-27-22(30(19)20)16-3-5-33-12-16)8-17(13)24(32)29-4-2-15-7-14(9-25)10-26-21(15)29/h6-8,10-11,16H,2-5,9,12H2,1H3,(H,28,31). The van der Waals surface area contributed by atoms with E-state index in [2.05, 4.69) is 15.0 Å². The molecule has 4 aromatic rings. The number of aromatic amines is 1. The Morgan fingerprint density at radius 1 is 1.24 bits per heavy atom. The maximum absolute atomic E-state index is 13.5. The first kappa shape index (κ1) is 20.0. The second kappa shape index (κ2) is 7.48. The van der Waals surface area contributed by atoms with E-state index >= 15 is 0 Å². The van der Waals surface area contributed by atoms with Crippen molar-refractivity contribution in [1.82, 2.24) is 19.4 Å². The fourth-order valence-electron chi connectivity index (χ4n) is 4.93. The average molecular weight is 447 g/mol. The zero-order valence-electron chi connectivity index (χ0n) is 18.1. The van der Waals surface area contributed by atoms with Gasteiger partial charge in [0.25, 0.3) is 11.5 Å². The van der Waals surface area contributed by atoms with Crippen LogP contribution in [0.25, 0.3) is 16.6 Å². The molecule has 0 saturated carbocycles. The summed E-state index contributed by atoms with van der Waals surface area (Å²) in [4.78, 5) is 39.7. The summed E-state index contributed by atoms with van der Waals surface area (Å²) in [5.41, 5.74) is 4.25. The van der Waals surface area contributed by atoms with Crippen molar-refractivity contribution in [2.24, 2.45) is 0 Å². The van der Waals surface area contributed by atoms with E-state index in [0.717, 1.165) is 28.9 Å². The third-order valence-corrected chi connectivity index (χ3v) is 6.64. The first-order valence-electron chi connectivity index (χ1n) is 11.0. The minimum absolute atomic E-state index is 0.125. The van der Waals surface area contributed by atoms with Crippen molar-refractivity contribution >= 4 is 28.3 Å². The van der Waals surface area contributed by atoms with Crippen molar-refractivity contribution in [2.75, 3.05) is 24.7 Å². The number of halogens is 1. The quantitative estimate of drug-likeness (QED) is 0.521. The molecule has 2 aliphatic heterocycles. The first-order chi connectivity index (χ1) is 16.0. The number of carbonyl (C=O) groups excluding carboxylic acids is 1. The Labute approximate surface area is 188 Å². The Balaban J connectivity index is 1.47. The molecule has 1 unspecified atom stereocenters. The molecule has 0 spiro atoms. The molecular weight excluding hydrogens is 425 g/mol. The number of ether oxygens (including phenoxy) is 1. The summed E-state index contributed by atoms with van der Waals surface area (Å²) in [5.74, 6) is 1.31. The minimum atomic E-state index is -0.580. The van der Waals surface area contributed by atoms with Gasteiger partial charge in [0.1, 0.15) is 23.8 Å². The number of amides is 1. The lowest BCUT2D eigenvalue weighted by atomic mass is 10.0. The summed E-state index contributed by atoms with van der Waals surface area (Å²) in [6.07, 6.45) is 4.56. The number of benzene rings is 1. The first-order valence-corrected chi connectivity index (χ1v) is 11.0. The molecule has 3 aromatic heterocycles. The van der Waals surface area contributed by atoms with Crippen molar-refractivity contribution in [3.8, 4) is 0 Å². The molecule has 9 heteroatoms. The van der Waals surface area contributed by atoms with Gasteiger partial charge in [-0.2, -0.15) is 0 Å². The summed E-state index contributed by atoms with van der Waals surface area (Å²) in [5, 5.41) is 0. The van der Waals surface area contributed by atoms with Gasteiger partial charge in [0.05, 0.1) is 23.8 Å². The molecule has 5 heterocycles. The molecule has 1 amide bonds. The fraction of sp³-hybridized carbons (Fsp3) is 0.333. The van der Waals surface area contributed by atoms with Gasteiger partial charge in [-0.1, -0.05) is 0 Å². The van der Waals surface area contributed by atoms with Crippen LogP contribution in [0.2, 0.25) is 0 Å². The Bertz CT molecular complexity index is 1490. The Hall–Kier alpha value is -3.59. The van der Waals surface area contributed by atoms with Gasteiger partial charge in [-0.15, -0.1) is 0 Å². The van der Waals surface area contributed by atoms with E-state index in [1.54, 1.807) is 23.2 Å². The Morgan fingerprint density at radius 3 is 2.91 bits per heavy atom. The van der Waals surface area contributed by atoms with Crippen LogP contribution in [0.3, 0.4) is 0 Å². The summed E-state index contributed by atoms with van der Waals surface area (Å²) < 4.78 is 20.4. The van der Waals surface area contributed by atoms with Crippen molar-refractivity contribution in [3.63, 3.8) is 0 Å². The van der Waals surface area contributed by atoms with E-state index < -0.39 is 6.67 Å². The van der Waals surface area contributed by atoms with Gasteiger partial charge in [-0.05, 0) is 49.1 Å². The van der Waals surface area contributed by atoms with Gasteiger partial charge in [-0.3, -0.25) is 18.9 Å². The Morgan fingerprint density at radius 2 is 2.12 bits per heavy atom. The number of pyridine rings is 1. The lowest BCUT2D eigenvalue weighted by Gasteiger charge is -2.18. The number of anilines is 1. The molecule has 33 heavy (non-hydrogen) atoms. The number of hydrogen-bond donors (Lipinski definition) is 1. The molecule has 8 nitrogen and oxygen atoms in total. The molecule has 1 aromatic carbocycles. The van der Waals surface area contributed by atoms with E-state index in [9.17, 15) is 14.0 Å². The highest BCUT2D eigenvalue weighted by molar-refractivity contribution is 6.09. The lowest BCUT2D eigenvalue weighted by molar-refractivity contribution is 0.0988. The fourth-order valence-corrected chi connectivity index (χ4v) is 4.93. The topological polar surface area (TPSA) is 92.6 Å². The average Bonchev–Trinajstić information content (AvgIpc) is 3.57. The molecule has 1 fully saturated rings. The zero-order valence-corrected chi connectivity index (χ0v) is 18.1. The highest BCUT2D eigenvalue weighted by Gasteiger charge is 2.29. The van der Waals surface area contributed by atoms with Crippen LogP contribution in [-0.2, 0) is 17.8 Å². The van der Waals surface area contributed by atoms with Crippen LogP contribution in [0.1, 0.15) is 45.2 Å². The van der Waals surface area contributed by atoms with E-state index in [0.29, 0.717) is 54.2 Å². The molecule has 2 aliphatic rings. The highest BCUT2D eigenvalue weighted by atomic mass is 19.1. The molecular formula is C24H22FN5O3. The normalized spacial score (nSPS) is 17.9. The van der Waals surface area contributed by atoms with Crippen LogP contribution < -0.4 is 10.5 Å². The largest absolute Gasteiger partial charge is 0.381 e. The number of hydrogen-bond acceptors (Lipinski definition) is 5. The SMILES string of the molecule is Cc1cc2c(cc1C(=O)N1CCc3cc(CF)cnc31)[nH]c(=O)c1cnc(C3CCOC3)n12. The van der Waals surface area contributed by atoms with E-state index in [1.165, 1.54) is 6.20 Å². The molecule has 1 atom stereocenters. The zero-order chi connectivity index (χ0) is 22.7. The number of fused-ring (bicyclic) bond motifs is 4. The van der Waals surface area contributed by atoms with E-state index in [4.69, 9.17) is 4.74 Å². The Kier molecular flexibility index (Phi) is 4.55. The number of aryl methyl sites for hydroxylation is 1. The van der Waals surface area contributed by atoms with Crippen LogP contribution in [0.4, 0.5) is 10.2 Å². The summed E-state index contributed by atoms with van der Waals surface area (Å²) in [7, 11) is 0. The molecule has 6 rings (SSSR count). The minimum Gasteiger partial charge on any atom is -0.381 e. The van der Waals surface area contributed by atoms with Crippen LogP contribution in [-0.4, -0.2) is 45.0 Å². The molecule has 0 aliphatic carbocycles. The van der Waals surface area contributed by atoms with Crippen LogP contribution in [0.5, 0.6) is 0 Å². The molecule has 1 N–H and O–H groups in total. The third kappa shape index (κ3) is 3.06. The summed E-state index contributed by atoms with van der Waals surface area (Å²) in [6, 6.07) is 5.42. The number of nitrogens with one attached hydrogen (secondary N) is 1. The van der Waals surface area contributed by atoms with Gasteiger partial charge < -0.3 is 9.72 Å². The smallest absolute Gasteiger partial charge is 0.274 e. The predicted octanol–water partition coefficient (Wildman–Crippen LogP) is 3.06. The number of rotatable bonds is 3. The van der Waals surface area contributed by atoms with Crippen molar-refractivity contribution in [1.29, 1.82) is 0 Å². The molecule has 1 saturated heterocycles. The number of H-pyrrole nitrogens is 1. The van der Waals surface area contributed by atoms with Crippen molar-refractivity contribution < 1.29 is 13.9 Å². The molecule has 0 radical (unpaired) electrons. The molecule has 0 bridgehead atoms. The molecule has 168 valence electrons. The number of carbonyl (C=O) groups is 1. The van der Waals surface area contributed by atoms with Crippen molar-refractivity contribution in [3.05, 3.63) is 69.0 Å². The second-order valence-electron chi connectivity index (χ2n) is 8.70. The van der Waals surface area contributed by atoms with Gasteiger partial charge in [0.2, 0.25) is 0 Å².